The Morgan fingerprint density at radius 3 is 2.24 bits per heavy atom. The van der Waals surface area contributed by atoms with Gasteiger partial charge in [0.05, 0.1) is 29.2 Å². The van der Waals surface area contributed by atoms with Crippen LogP contribution in [0.15, 0.2) is 41.5 Å². The third-order valence-corrected chi connectivity index (χ3v) is 7.44. The molecule has 1 fully saturated rings. The maximum absolute atomic E-state index is 14.9. The van der Waals surface area contributed by atoms with Gasteiger partial charge in [0, 0.05) is 13.7 Å². The van der Waals surface area contributed by atoms with E-state index in [0.717, 1.165) is 16.9 Å². The van der Waals surface area contributed by atoms with E-state index in [9.17, 15) is 39.5 Å². The van der Waals surface area contributed by atoms with E-state index in [1.807, 2.05) is 0 Å². The average Bonchev–Trinajstić information content (AvgIpc) is 3.31. The second kappa shape index (κ2) is 10.9. The summed E-state index contributed by atoms with van der Waals surface area (Å²) in [5, 5.41) is 16.6. The molecule has 0 bridgehead atoms. The number of alkyl halides is 9. The summed E-state index contributed by atoms with van der Waals surface area (Å²) in [6.45, 7) is 0.275. The molecule has 2 aliphatic rings. The summed E-state index contributed by atoms with van der Waals surface area (Å²) in [4.78, 5) is 1.04. The Morgan fingerprint density at radius 1 is 1.02 bits per heavy atom. The number of rotatable bonds is 7. The van der Waals surface area contributed by atoms with Gasteiger partial charge in [0.2, 0.25) is 0 Å². The zero-order valence-electron chi connectivity index (χ0n) is 21.9. The molecule has 1 aromatic carbocycles. The Balaban J connectivity index is 1.84. The number of aromatic nitrogens is 4. The Kier molecular flexibility index (Phi) is 8.21. The zero-order chi connectivity index (χ0) is 30.3. The van der Waals surface area contributed by atoms with Gasteiger partial charge in [0.1, 0.15) is 0 Å². The lowest BCUT2D eigenvalue weighted by Crippen LogP contribution is -2.44. The Bertz CT molecular complexity index is 1310. The molecule has 1 saturated heterocycles. The van der Waals surface area contributed by atoms with Crippen LogP contribution in [0.3, 0.4) is 0 Å². The smallest absolute Gasteiger partial charge is 0.373 e. The summed E-state index contributed by atoms with van der Waals surface area (Å²) >= 11 is 0. The molecule has 41 heavy (non-hydrogen) atoms. The van der Waals surface area contributed by atoms with Crippen LogP contribution >= 0.6 is 0 Å². The van der Waals surface area contributed by atoms with Crippen LogP contribution in [-0.4, -0.2) is 59.3 Å². The van der Waals surface area contributed by atoms with Gasteiger partial charge in [0.25, 0.3) is 5.95 Å². The van der Waals surface area contributed by atoms with Gasteiger partial charge in [-0.25, -0.2) is 0 Å². The highest BCUT2D eigenvalue weighted by atomic mass is 19.4. The van der Waals surface area contributed by atoms with Crippen LogP contribution < -0.4 is 10.6 Å². The molecule has 1 unspecified atom stereocenters. The molecule has 0 spiro atoms. The van der Waals surface area contributed by atoms with Gasteiger partial charge in [-0.2, -0.15) is 44.3 Å². The quantitative estimate of drug-likeness (QED) is 0.412. The summed E-state index contributed by atoms with van der Waals surface area (Å²) in [6, 6.07) is 2.42. The molecular formula is C25H27F9N6O. The maximum Gasteiger partial charge on any atom is 0.416 e. The van der Waals surface area contributed by atoms with Crippen molar-refractivity contribution in [1.82, 2.24) is 25.5 Å². The Hall–Kier alpha value is -3.14. The average molecular weight is 599 g/mol. The molecule has 0 saturated carbocycles. The maximum atomic E-state index is 14.9. The number of piperidine rings is 1. The topological polar surface area (TPSA) is 76.9 Å². The summed E-state index contributed by atoms with van der Waals surface area (Å²) < 4.78 is 133. The summed E-state index contributed by atoms with van der Waals surface area (Å²) in [5.41, 5.74) is -7.76. The van der Waals surface area contributed by atoms with Gasteiger partial charge in [-0.05, 0) is 78.9 Å². The first-order valence-electron chi connectivity index (χ1n) is 12.5. The largest absolute Gasteiger partial charge is 0.416 e. The Morgan fingerprint density at radius 2 is 1.71 bits per heavy atom. The first-order chi connectivity index (χ1) is 19.0. The molecule has 1 aliphatic carbocycles. The normalized spacial score (nSPS) is 21.8. The van der Waals surface area contributed by atoms with Gasteiger partial charge in [-0.3, -0.25) is 0 Å². The number of aryl methyl sites for hydroxylation is 1. The van der Waals surface area contributed by atoms with E-state index in [1.54, 1.807) is 0 Å². The Labute approximate surface area is 228 Å². The standard InChI is InChI=1S/C25H27F9N6O/c1-40-38-20(37-39-40)36-14-15-9-18(24(29,30)31)13-21(11-15,25(32,33)34)12-16-10-17(23(26,27)28)3-4-19(16)22(41-2)5-7-35-8-6-22/h3-4,9-10,13,35H,5-8,11-12,14H2,1-2H3,(H,36,38). The van der Waals surface area contributed by atoms with Gasteiger partial charge >= 0.3 is 18.5 Å². The van der Waals surface area contributed by atoms with Gasteiger partial charge in [0.15, 0.2) is 0 Å². The first kappa shape index (κ1) is 30.8. The SMILES string of the molecule is COC1(c2ccc(C(F)(F)F)cc2CC2(C(F)(F)F)C=C(C(F)(F)F)C=C(CNc3nnn(C)n3)C2)CCNCC1. The lowest BCUT2D eigenvalue weighted by atomic mass is 9.69. The highest BCUT2D eigenvalue weighted by molar-refractivity contribution is 5.44. The van der Waals surface area contributed by atoms with Gasteiger partial charge in [-0.1, -0.05) is 17.2 Å². The van der Waals surface area contributed by atoms with Crippen LogP contribution in [0.1, 0.15) is 36.0 Å². The van der Waals surface area contributed by atoms with Crippen LogP contribution in [0.2, 0.25) is 0 Å². The minimum atomic E-state index is -5.27. The predicted octanol–water partition coefficient (Wildman–Crippen LogP) is 5.48. The van der Waals surface area contributed by atoms with Gasteiger partial charge in [-0.15, -0.1) is 5.10 Å². The van der Waals surface area contributed by atoms with Crippen molar-refractivity contribution >= 4 is 5.95 Å². The van der Waals surface area contributed by atoms with Crippen molar-refractivity contribution in [3.8, 4) is 0 Å². The number of nitrogens with one attached hydrogen (secondary N) is 2. The number of anilines is 1. The van der Waals surface area contributed by atoms with Crippen molar-refractivity contribution < 1.29 is 44.3 Å². The number of hydrogen-bond donors (Lipinski definition) is 2. The van der Waals surface area contributed by atoms with Crippen molar-refractivity contribution in [3.05, 3.63) is 58.2 Å². The second-order valence-electron chi connectivity index (χ2n) is 10.2. The molecule has 4 rings (SSSR count). The minimum Gasteiger partial charge on any atom is -0.373 e. The number of nitrogens with zero attached hydrogens (tertiary/aromatic N) is 4. The molecule has 2 N–H and O–H groups in total. The van der Waals surface area contributed by atoms with Crippen LogP contribution in [0.5, 0.6) is 0 Å². The third kappa shape index (κ3) is 6.52. The molecule has 1 aromatic heterocycles. The van der Waals surface area contributed by atoms with Crippen molar-refractivity contribution in [2.45, 2.75) is 49.8 Å². The fraction of sp³-hybridized carbons (Fsp3) is 0.560. The molecule has 2 heterocycles. The second-order valence-corrected chi connectivity index (χ2v) is 10.2. The number of benzene rings is 1. The van der Waals surface area contributed by atoms with Gasteiger partial charge < -0.3 is 15.4 Å². The molecule has 0 radical (unpaired) electrons. The van der Waals surface area contributed by atoms with E-state index in [1.165, 1.54) is 14.2 Å². The third-order valence-electron chi connectivity index (χ3n) is 7.44. The monoisotopic (exact) mass is 598 g/mol. The van der Waals surface area contributed by atoms with E-state index < -0.39 is 60.1 Å². The molecule has 1 atom stereocenters. The van der Waals surface area contributed by atoms with Crippen LogP contribution in [-0.2, 0) is 30.0 Å². The summed E-state index contributed by atoms with van der Waals surface area (Å²) in [7, 11) is 2.72. The molecule has 2 aromatic rings. The number of ether oxygens (including phenoxy) is 1. The molecular weight excluding hydrogens is 571 g/mol. The molecule has 1 aliphatic heterocycles. The lowest BCUT2D eigenvalue weighted by Gasteiger charge is -2.41. The number of tetrazole rings is 1. The van der Waals surface area contributed by atoms with E-state index in [4.69, 9.17) is 4.74 Å². The highest BCUT2D eigenvalue weighted by Gasteiger charge is 2.57. The minimum absolute atomic E-state index is 0.0815. The zero-order valence-corrected chi connectivity index (χ0v) is 21.9. The van der Waals surface area contributed by atoms with Crippen molar-refractivity contribution in [3.63, 3.8) is 0 Å². The summed E-state index contributed by atoms with van der Waals surface area (Å²) in [6.07, 6.45) is -16.3. The predicted molar refractivity (Wildman–Crippen MR) is 129 cm³/mol. The number of methoxy groups -OCH3 is 1. The van der Waals surface area contributed by atoms with Crippen LogP contribution in [0.25, 0.3) is 0 Å². The molecule has 0 amide bonds. The van der Waals surface area contributed by atoms with Crippen molar-refractivity contribution in [2.24, 2.45) is 12.5 Å². The molecule has 16 heteroatoms. The number of halogens is 9. The van der Waals surface area contributed by atoms with Crippen LogP contribution in [0, 0.1) is 5.41 Å². The van der Waals surface area contributed by atoms with Crippen molar-refractivity contribution in [2.75, 3.05) is 32.1 Å². The molecule has 226 valence electrons. The number of allylic oxidation sites excluding steroid dienone is 3. The first-order valence-corrected chi connectivity index (χ1v) is 12.5. The highest BCUT2D eigenvalue weighted by Crippen LogP contribution is 2.53. The summed E-state index contributed by atoms with van der Waals surface area (Å²) in [5.74, 6) is -0.123. The number of hydrogen-bond acceptors (Lipinski definition) is 6. The fourth-order valence-electron chi connectivity index (χ4n) is 5.40. The van der Waals surface area contributed by atoms with E-state index in [0.29, 0.717) is 25.2 Å². The van der Waals surface area contributed by atoms with E-state index in [-0.39, 0.29) is 41.6 Å². The molecule has 7 nitrogen and oxygen atoms in total. The van der Waals surface area contributed by atoms with E-state index in [2.05, 4.69) is 26.0 Å². The van der Waals surface area contributed by atoms with Crippen LogP contribution in [0.4, 0.5) is 45.5 Å². The van der Waals surface area contributed by atoms with E-state index >= 15 is 0 Å². The lowest BCUT2D eigenvalue weighted by molar-refractivity contribution is -0.207. The van der Waals surface area contributed by atoms with Crippen molar-refractivity contribution in [1.29, 1.82) is 0 Å². The fourth-order valence-corrected chi connectivity index (χ4v) is 5.40.